The van der Waals surface area contributed by atoms with E-state index in [9.17, 15) is 4.79 Å². The van der Waals surface area contributed by atoms with E-state index < -0.39 is 11.1 Å². The van der Waals surface area contributed by atoms with Crippen molar-refractivity contribution in [1.29, 1.82) is 0 Å². The number of amides is 1. The first-order valence-corrected chi connectivity index (χ1v) is 13.4. The van der Waals surface area contributed by atoms with Crippen LogP contribution in [0.25, 0.3) is 12.2 Å². The molecule has 3 aromatic rings. The topological polar surface area (TPSA) is 103 Å². The summed E-state index contributed by atoms with van der Waals surface area (Å²) in [6.45, 7) is 13.7. The summed E-state index contributed by atoms with van der Waals surface area (Å²) < 4.78 is 5.68. The Balaban J connectivity index is 1.43. The van der Waals surface area contributed by atoms with Crippen LogP contribution in [-0.4, -0.2) is 74.9 Å². The van der Waals surface area contributed by atoms with Gasteiger partial charge >= 0.3 is 6.09 Å². The number of fused-ring (bicyclic) bond motifs is 1. The van der Waals surface area contributed by atoms with E-state index in [2.05, 4.69) is 32.4 Å². The predicted octanol–water partition coefficient (Wildman–Crippen LogP) is 4.85. The Labute approximate surface area is 230 Å². The number of likely N-dealkylation sites (N-methyl/N-ethyl adjacent to an activating group) is 1. The Morgan fingerprint density at radius 3 is 2.49 bits per heavy atom. The second kappa shape index (κ2) is 10.3. The number of carbonyl (C=O) groups excluding carboxylic acids is 1. The number of aromatic amines is 1. The smallest absolute Gasteiger partial charge is 0.411 e. The quantitative estimate of drug-likeness (QED) is 0.483. The largest absolute Gasteiger partial charge is 0.444 e. The van der Waals surface area contributed by atoms with Gasteiger partial charge in [0.25, 0.3) is 0 Å². The molecule has 0 unspecified atom stereocenters. The molecule has 1 aromatic carbocycles. The van der Waals surface area contributed by atoms with Crippen LogP contribution < -0.4 is 10.2 Å². The van der Waals surface area contributed by atoms with E-state index >= 15 is 0 Å². The van der Waals surface area contributed by atoms with Gasteiger partial charge in [-0.3, -0.25) is 10.00 Å². The predicted molar refractivity (Wildman–Crippen MR) is 154 cm³/mol. The first kappa shape index (κ1) is 26.7. The maximum atomic E-state index is 13.0. The van der Waals surface area contributed by atoms with Gasteiger partial charge in [-0.2, -0.15) is 5.10 Å². The molecule has 5 rings (SSSR count). The maximum absolute atomic E-state index is 13.0. The average Bonchev–Trinajstić information content (AvgIpc) is 3.40. The number of ether oxygens (including phenoxy) is 1. The lowest BCUT2D eigenvalue weighted by Crippen LogP contribution is -2.44. The minimum absolute atomic E-state index is 0.351. The lowest BCUT2D eigenvalue weighted by Gasteiger charge is -2.33. The minimum atomic E-state index is -0.592. The average molecular weight is 531 g/mol. The zero-order valence-electron chi connectivity index (χ0n) is 23.7. The second-order valence-corrected chi connectivity index (χ2v) is 11.7. The van der Waals surface area contributed by atoms with E-state index in [1.807, 2.05) is 83.2 Å². The molecule has 1 amide bonds. The van der Waals surface area contributed by atoms with Crippen LogP contribution >= 0.6 is 0 Å². The highest BCUT2D eigenvalue weighted by molar-refractivity contribution is 5.73. The number of anilines is 3. The fourth-order valence-corrected chi connectivity index (χ4v) is 4.87. The van der Waals surface area contributed by atoms with E-state index in [0.717, 1.165) is 48.8 Å². The van der Waals surface area contributed by atoms with Crippen molar-refractivity contribution in [3.05, 3.63) is 59.0 Å². The highest BCUT2D eigenvalue weighted by Crippen LogP contribution is 2.41. The second-order valence-electron chi connectivity index (χ2n) is 11.7. The van der Waals surface area contributed by atoms with Crippen LogP contribution in [0.15, 0.2) is 36.4 Å². The Morgan fingerprint density at radius 2 is 1.79 bits per heavy atom. The van der Waals surface area contributed by atoms with Crippen molar-refractivity contribution in [3.8, 4) is 0 Å². The van der Waals surface area contributed by atoms with Gasteiger partial charge in [-0.1, -0.05) is 36.4 Å². The number of benzene rings is 1. The molecule has 2 aromatic heterocycles. The molecule has 10 heteroatoms. The monoisotopic (exact) mass is 530 g/mol. The molecule has 0 bridgehead atoms. The molecule has 2 aliphatic rings. The van der Waals surface area contributed by atoms with Gasteiger partial charge in [-0.25, -0.2) is 14.8 Å². The molecule has 2 aliphatic heterocycles. The number of aromatic nitrogens is 4. The molecule has 2 N–H and O–H groups in total. The van der Waals surface area contributed by atoms with Crippen LogP contribution in [0.1, 0.15) is 57.3 Å². The summed E-state index contributed by atoms with van der Waals surface area (Å²) in [5, 5.41) is 11.1. The van der Waals surface area contributed by atoms with Gasteiger partial charge in [0.1, 0.15) is 17.2 Å². The van der Waals surface area contributed by atoms with Crippen LogP contribution in [-0.2, 0) is 16.8 Å². The van der Waals surface area contributed by atoms with E-state index in [1.165, 1.54) is 0 Å². The van der Waals surface area contributed by atoms with Crippen molar-refractivity contribution in [2.24, 2.45) is 0 Å². The van der Waals surface area contributed by atoms with Crippen LogP contribution in [0, 0.1) is 0 Å². The van der Waals surface area contributed by atoms with Crippen LogP contribution in [0.5, 0.6) is 0 Å². The molecular weight excluding hydrogens is 492 g/mol. The molecule has 1 saturated heterocycles. The van der Waals surface area contributed by atoms with E-state index in [-0.39, 0.29) is 6.09 Å². The summed E-state index contributed by atoms with van der Waals surface area (Å²) in [5.41, 5.74) is 1.72. The van der Waals surface area contributed by atoms with Crippen molar-refractivity contribution < 1.29 is 9.53 Å². The molecule has 1 fully saturated rings. The van der Waals surface area contributed by atoms with Crippen molar-refractivity contribution in [2.75, 3.05) is 43.4 Å². The summed E-state index contributed by atoms with van der Waals surface area (Å²) in [6.07, 6.45) is 3.60. The number of nitrogens with one attached hydrogen (secondary N) is 2. The standard InChI is InChI=1S/C29H38N8O2/c1-28(2,3)39-27(38)37-19-21-25(29(37,4)5)33-34-26(21)32-23-18-24(36-16-14-35(6)15-17-36)31-22(30-23)13-12-20-10-8-7-9-11-20/h7-13,18H,14-17,19H2,1-6H3,(H2,30,31,32,33,34)/b13-12+. The van der Waals surface area contributed by atoms with E-state index in [1.54, 1.807) is 4.90 Å². The Morgan fingerprint density at radius 1 is 1.08 bits per heavy atom. The molecule has 39 heavy (non-hydrogen) atoms. The number of nitrogens with zero attached hydrogens (tertiary/aromatic N) is 6. The number of hydrogen-bond acceptors (Lipinski definition) is 8. The summed E-state index contributed by atoms with van der Waals surface area (Å²) >= 11 is 0. The highest BCUT2D eigenvalue weighted by Gasteiger charge is 2.45. The van der Waals surface area contributed by atoms with E-state index in [4.69, 9.17) is 14.7 Å². The SMILES string of the molecule is CN1CCN(c2cc(Nc3n[nH]c4c3CN(C(=O)OC(C)(C)C)C4(C)C)nc(/C=C/c3ccccc3)n2)CC1. The van der Waals surface area contributed by atoms with Crippen molar-refractivity contribution >= 4 is 35.7 Å². The molecule has 206 valence electrons. The van der Waals surface area contributed by atoms with Crippen LogP contribution in [0.2, 0.25) is 0 Å². The number of hydrogen-bond donors (Lipinski definition) is 2. The number of carbonyl (C=O) groups is 1. The van der Waals surface area contributed by atoms with Gasteiger partial charge in [-0.15, -0.1) is 0 Å². The first-order valence-electron chi connectivity index (χ1n) is 13.4. The Kier molecular flexibility index (Phi) is 7.07. The van der Waals surface area contributed by atoms with Crippen LogP contribution in [0.3, 0.4) is 0 Å². The first-order chi connectivity index (χ1) is 18.5. The number of rotatable bonds is 5. The third-order valence-electron chi connectivity index (χ3n) is 7.11. The number of piperazine rings is 1. The van der Waals surface area contributed by atoms with Crippen molar-refractivity contribution in [2.45, 2.75) is 52.3 Å². The zero-order chi connectivity index (χ0) is 27.8. The van der Waals surface area contributed by atoms with Gasteiger partial charge in [0, 0.05) is 37.8 Å². The Hall–Kier alpha value is -3.92. The lowest BCUT2D eigenvalue weighted by molar-refractivity contribution is 0.00451. The molecular formula is C29H38N8O2. The minimum Gasteiger partial charge on any atom is -0.444 e. The zero-order valence-corrected chi connectivity index (χ0v) is 23.7. The molecule has 4 heterocycles. The van der Waals surface area contributed by atoms with Crippen LogP contribution in [0.4, 0.5) is 22.2 Å². The lowest BCUT2D eigenvalue weighted by atomic mass is 10.0. The Bertz CT molecular complexity index is 1350. The number of H-pyrrole nitrogens is 1. The van der Waals surface area contributed by atoms with Gasteiger partial charge < -0.3 is 19.9 Å². The van der Waals surface area contributed by atoms with E-state index in [0.29, 0.717) is 24.0 Å². The van der Waals surface area contributed by atoms with Gasteiger partial charge in [0.2, 0.25) is 0 Å². The summed E-state index contributed by atoms with van der Waals surface area (Å²) in [6, 6.07) is 12.1. The third kappa shape index (κ3) is 5.90. The van der Waals surface area contributed by atoms with Gasteiger partial charge in [0.05, 0.1) is 17.8 Å². The highest BCUT2D eigenvalue weighted by atomic mass is 16.6. The summed E-state index contributed by atoms with van der Waals surface area (Å²) in [5.74, 6) is 2.77. The maximum Gasteiger partial charge on any atom is 0.411 e. The van der Waals surface area contributed by atoms with Crippen molar-refractivity contribution in [3.63, 3.8) is 0 Å². The molecule has 0 radical (unpaired) electrons. The molecule has 10 nitrogen and oxygen atoms in total. The van der Waals surface area contributed by atoms with Gasteiger partial charge in [0.15, 0.2) is 11.6 Å². The molecule has 0 aliphatic carbocycles. The normalized spacial score (nSPS) is 17.5. The third-order valence-corrected chi connectivity index (χ3v) is 7.11. The summed E-state index contributed by atoms with van der Waals surface area (Å²) in [4.78, 5) is 29.0. The fourth-order valence-electron chi connectivity index (χ4n) is 4.87. The molecule has 0 spiro atoms. The van der Waals surface area contributed by atoms with Gasteiger partial charge in [-0.05, 0) is 53.3 Å². The summed E-state index contributed by atoms with van der Waals surface area (Å²) in [7, 11) is 2.14. The fraction of sp³-hybridized carbons (Fsp3) is 0.448. The molecule has 0 saturated carbocycles. The molecule has 0 atom stereocenters. The van der Waals surface area contributed by atoms with Crippen molar-refractivity contribution in [1.82, 2.24) is 30.0 Å².